The molecular formula is C16H24BrNO7P2. The molecule has 4 N–H and O–H groups in total. The molecule has 0 saturated heterocycles. The van der Waals surface area contributed by atoms with Gasteiger partial charge in [-0.1, -0.05) is 39.2 Å². The summed E-state index contributed by atoms with van der Waals surface area (Å²) in [4.78, 5) is 26.2. The van der Waals surface area contributed by atoms with Crippen molar-refractivity contribution in [3.63, 3.8) is 0 Å². The van der Waals surface area contributed by atoms with E-state index < -0.39 is 15.6 Å². The lowest BCUT2D eigenvalue weighted by Crippen LogP contribution is -2.02. The first-order chi connectivity index (χ1) is 12.5. The Morgan fingerprint density at radius 1 is 1.11 bits per heavy atom. The Hall–Kier alpha value is -0.760. The summed E-state index contributed by atoms with van der Waals surface area (Å²) < 4.78 is 31.0. The molecule has 8 nitrogen and oxygen atoms in total. The second-order valence-electron chi connectivity index (χ2n) is 5.84. The highest BCUT2D eigenvalue weighted by Crippen LogP contribution is 2.57. The summed E-state index contributed by atoms with van der Waals surface area (Å²) in [6.07, 6.45) is 5.16. The standard InChI is InChI=1S/C16H24BrNO7P2/c1-13(10-11-24-27(22,23)25-26(19,20)21)4-3-5-14(2)12-18-16-8-6-15(17)7-9-16/h5-10,18H,3-4,11-12H2,1-2H3,(H,22,23)(H2,19,20,21). The molecule has 1 aromatic rings. The number of hydrogen-bond donors (Lipinski definition) is 4. The molecule has 0 heterocycles. The van der Waals surface area contributed by atoms with E-state index in [0.717, 1.165) is 28.7 Å². The second kappa shape index (κ2) is 11.3. The van der Waals surface area contributed by atoms with Crippen LogP contribution in [0.25, 0.3) is 0 Å². The summed E-state index contributed by atoms with van der Waals surface area (Å²) in [6.45, 7) is 4.29. The number of hydrogen-bond acceptors (Lipinski definition) is 5. The predicted octanol–water partition coefficient (Wildman–Crippen LogP) is 4.76. The van der Waals surface area contributed by atoms with Crippen molar-refractivity contribution in [2.75, 3.05) is 18.5 Å². The first-order valence-electron chi connectivity index (χ1n) is 8.02. The minimum atomic E-state index is -5.09. The Kier molecular flexibility index (Phi) is 10.2. The van der Waals surface area contributed by atoms with Crippen molar-refractivity contribution in [2.45, 2.75) is 26.7 Å². The van der Waals surface area contributed by atoms with Gasteiger partial charge in [0, 0.05) is 16.7 Å². The van der Waals surface area contributed by atoms with Crippen LogP contribution in [0.5, 0.6) is 0 Å². The van der Waals surface area contributed by atoms with E-state index in [4.69, 9.17) is 14.7 Å². The van der Waals surface area contributed by atoms with Gasteiger partial charge in [-0.2, -0.15) is 4.31 Å². The fraction of sp³-hybridized carbons (Fsp3) is 0.375. The number of anilines is 1. The van der Waals surface area contributed by atoms with Gasteiger partial charge in [0.2, 0.25) is 0 Å². The number of halogens is 1. The molecule has 0 bridgehead atoms. The SMILES string of the molecule is CC(=CCOP(=O)(O)OP(=O)(O)O)CCC=C(C)CNc1ccc(Br)cc1. The smallest absolute Gasteiger partial charge is 0.381 e. The fourth-order valence-corrected chi connectivity index (χ4v) is 3.75. The second-order valence-corrected chi connectivity index (χ2v) is 9.58. The summed E-state index contributed by atoms with van der Waals surface area (Å²) >= 11 is 3.39. The number of rotatable bonds is 11. The first-order valence-corrected chi connectivity index (χ1v) is 11.8. The maximum absolute atomic E-state index is 11.3. The van der Waals surface area contributed by atoms with E-state index in [1.54, 1.807) is 6.08 Å². The van der Waals surface area contributed by atoms with Crippen LogP contribution in [-0.4, -0.2) is 27.8 Å². The van der Waals surface area contributed by atoms with Gasteiger partial charge < -0.3 is 20.0 Å². The van der Waals surface area contributed by atoms with Crippen LogP contribution >= 0.6 is 31.6 Å². The molecule has 152 valence electrons. The maximum Gasteiger partial charge on any atom is 0.481 e. The summed E-state index contributed by atoms with van der Waals surface area (Å²) in [5, 5.41) is 3.32. The molecular weight excluding hydrogens is 460 g/mol. The van der Waals surface area contributed by atoms with E-state index in [1.165, 1.54) is 5.57 Å². The van der Waals surface area contributed by atoms with Crippen molar-refractivity contribution in [3.05, 3.63) is 52.0 Å². The number of nitrogens with one attached hydrogen (secondary N) is 1. The Morgan fingerprint density at radius 2 is 1.74 bits per heavy atom. The van der Waals surface area contributed by atoms with Gasteiger partial charge in [0.1, 0.15) is 0 Å². The van der Waals surface area contributed by atoms with Crippen LogP contribution in [0.3, 0.4) is 0 Å². The number of benzene rings is 1. The third-order valence-electron chi connectivity index (χ3n) is 3.33. The lowest BCUT2D eigenvalue weighted by Gasteiger charge is -2.11. The minimum absolute atomic E-state index is 0.284. The van der Waals surface area contributed by atoms with Crippen molar-refractivity contribution in [2.24, 2.45) is 0 Å². The minimum Gasteiger partial charge on any atom is -0.381 e. The zero-order chi connectivity index (χ0) is 20.5. The quantitative estimate of drug-likeness (QED) is 0.262. The van der Waals surface area contributed by atoms with Crippen LogP contribution in [0.1, 0.15) is 26.7 Å². The first kappa shape index (κ1) is 24.3. The third kappa shape index (κ3) is 12.3. The molecule has 1 unspecified atom stereocenters. The average molecular weight is 484 g/mol. The van der Waals surface area contributed by atoms with E-state index in [9.17, 15) is 9.13 Å². The van der Waals surface area contributed by atoms with Crippen LogP contribution in [0.15, 0.2) is 52.0 Å². The number of allylic oxidation sites excluding steroid dienone is 2. The van der Waals surface area contributed by atoms with Crippen molar-refractivity contribution >= 4 is 37.3 Å². The van der Waals surface area contributed by atoms with Crippen molar-refractivity contribution in [1.82, 2.24) is 0 Å². The zero-order valence-corrected chi connectivity index (χ0v) is 18.4. The van der Waals surface area contributed by atoms with Crippen LogP contribution in [0, 0.1) is 0 Å². The number of phosphoric acid groups is 2. The average Bonchev–Trinajstić information content (AvgIpc) is 2.52. The lowest BCUT2D eigenvalue weighted by molar-refractivity contribution is 0.191. The van der Waals surface area contributed by atoms with Gasteiger partial charge in [-0.25, -0.2) is 9.13 Å². The van der Waals surface area contributed by atoms with Crippen LogP contribution in [0.2, 0.25) is 0 Å². The monoisotopic (exact) mass is 483 g/mol. The molecule has 1 rings (SSSR count). The maximum atomic E-state index is 11.3. The predicted molar refractivity (Wildman–Crippen MR) is 108 cm³/mol. The molecule has 0 spiro atoms. The van der Waals surface area contributed by atoms with Gasteiger partial charge in [-0.15, -0.1) is 0 Å². The molecule has 0 fully saturated rings. The molecule has 0 aliphatic carbocycles. The summed E-state index contributed by atoms with van der Waals surface area (Å²) in [5.74, 6) is 0. The summed E-state index contributed by atoms with van der Waals surface area (Å²) in [7, 11) is -9.87. The molecule has 0 saturated carbocycles. The van der Waals surface area contributed by atoms with Gasteiger partial charge in [0.05, 0.1) is 6.61 Å². The third-order valence-corrected chi connectivity index (χ3v) is 6.01. The lowest BCUT2D eigenvalue weighted by atomic mass is 10.1. The molecule has 0 aliphatic heterocycles. The summed E-state index contributed by atoms with van der Waals surface area (Å²) in [6, 6.07) is 7.90. The molecule has 0 amide bonds. The van der Waals surface area contributed by atoms with Crippen LogP contribution < -0.4 is 5.32 Å². The highest BCUT2D eigenvalue weighted by Gasteiger charge is 2.31. The topological polar surface area (TPSA) is 125 Å². The van der Waals surface area contributed by atoms with Gasteiger partial charge in [0.25, 0.3) is 0 Å². The van der Waals surface area contributed by atoms with Gasteiger partial charge in [-0.3, -0.25) is 4.52 Å². The number of phosphoric ester groups is 1. The van der Waals surface area contributed by atoms with Crippen molar-refractivity contribution in [3.8, 4) is 0 Å². The molecule has 0 radical (unpaired) electrons. The Bertz CT molecular complexity index is 759. The summed E-state index contributed by atoms with van der Waals surface area (Å²) in [5.41, 5.74) is 3.12. The van der Waals surface area contributed by atoms with Crippen molar-refractivity contribution in [1.29, 1.82) is 0 Å². The van der Waals surface area contributed by atoms with Crippen LogP contribution in [0.4, 0.5) is 5.69 Å². The van der Waals surface area contributed by atoms with E-state index in [2.05, 4.69) is 36.2 Å². The fourth-order valence-electron chi connectivity index (χ4n) is 1.96. The molecule has 27 heavy (non-hydrogen) atoms. The van der Waals surface area contributed by atoms with Gasteiger partial charge in [0.15, 0.2) is 0 Å². The molecule has 11 heteroatoms. The molecule has 0 aliphatic rings. The Morgan fingerprint density at radius 3 is 2.33 bits per heavy atom. The Balaban J connectivity index is 2.33. The van der Waals surface area contributed by atoms with Crippen molar-refractivity contribution < 1.29 is 32.6 Å². The van der Waals surface area contributed by atoms with E-state index in [1.807, 2.05) is 38.1 Å². The molecule has 1 atom stereocenters. The van der Waals surface area contributed by atoms with E-state index >= 15 is 0 Å². The van der Waals surface area contributed by atoms with Gasteiger partial charge >= 0.3 is 15.6 Å². The van der Waals surface area contributed by atoms with Crippen LogP contribution in [-0.2, 0) is 18.0 Å². The van der Waals surface area contributed by atoms with E-state index in [0.29, 0.717) is 6.42 Å². The largest absolute Gasteiger partial charge is 0.481 e. The Labute approximate surface area is 167 Å². The normalized spacial score (nSPS) is 15.5. The highest BCUT2D eigenvalue weighted by molar-refractivity contribution is 9.10. The van der Waals surface area contributed by atoms with E-state index in [-0.39, 0.29) is 6.61 Å². The zero-order valence-electron chi connectivity index (χ0n) is 15.0. The molecule has 0 aromatic heterocycles. The highest BCUT2D eigenvalue weighted by atomic mass is 79.9. The molecule has 1 aromatic carbocycles. The van der Waals surface area contributed by atoms with Gasteiger partial charge in [-0.05, 0) is 51.0 Å².